The largest absolute Gasteiger partial charge is 0.398 e. The number of hydrogen-bond donors (Lipinski definition) is 1. The lowest BCUT2D eigenvalue weighted by atomic mass is 9.74. The van der Waals surface area contributed by atoms with Crippen LogP contribution in [0.15, 0.2) is 188 Å². The standard InChI is InChI=1S/C59H46N4/c1-3-13-43(14-4-2)62-55-32-26-40(53-30-24-38-17-11-12-20-52(38)61-53)34-48(55)50-36-42-23-22-41-35-49-47-33-39(51(60)29-21-37-15-7-5-8-16-37)25-31-54(47)63(44-18-9-6-10-19-44)59(49)46-28-27-45(58(50)62)56(42)57(41)46/h3-15,17-21,24-26,29-36H,1,16,22-23,27-28,60H2,2H3/b14-4-,37-21-,43-13+,51-29-. The number of nitrogens with two attached hydrogens (primary N) is 1. The van der Waals surface area contributed by atoms with Crippen LogP contribution in [0.25, 0.3) is 94.0 Å². The number of para-hydroxylation sites is 2. The molecule has 0 unspecified atom stereocenters. The highest BCUT2D eigenvalue weighted by atomic mass is 15.0. The number of nitrogens with zero attached hydrogens (tertiary/aromatic N) is 3. The van der Waals surface area contributed by atoms with Crippen LogP contribution < -0.4 is 5.73 Å². The number of rotatable bonds is 7. The van der Waals surface area contributed by atoms with Gasteiger partial charge in [0.05, 0.1) is 33.3 Å². The molecule has 9 aromatic rings. The van der Waals surface area contributed by atoms with Crippen LogP contribution in [0.2, 0.25) is 0 Å². The van der Waals surface area contributed by atoms with Crippen LogP contribution >= 0.6 is 0 Å². The minimum atomic E-state index is 0.772. The topological polar surface area (TPSA) is 48.8 Å². The van der Waals surface area contributed by atoms with Crippen molar-refractivity contribution < 1.29 is 0 Å². The van der Waals surface area contributed by atoms with Crippen molar-refractivity contribution in [2.24, 2.45) is 5.73 Å². The summed E-state index contributed by atoms with van der Waals surface area (Å²) in [5, 5.41) is 6.25. The number of benzene rings is 6. The van der Waals surface area contributed by atoms with Crippen LogP contribution in [0.4, 0.5) is 0 Å². The van der Waals surface area contributed by atoms with Crippen molar-refractivity contribution >= 4 is 65.9 Å². The molecule has 0 radical (unpaired) electrons. The van der Waals surface area contributed by atoms with E-state index in [0.717, 1.165) is 71.2 Å². The van der Waals surface area contributed by atoms with Crippen molar-refractivity contribution in [3.8, 4) is 28.1 Å². The molecule has 0 saturated heterocycles. The number of fused-ring (bicyclic) bond motifs is 9. The van der Waals surface area contributed by atoms with Gasteiger partial charge in [-0.15, -0.1) is 0 Å². The predicted octanol–water partition coefficient (Wildman–Crippen LogP) is 14.3. The number of hydrogen-bond acceptors (Lipinski definition) is 2. The number of aromatic nitrogens is 3. The average molecular weight is 811 g/mol. The van der Waals surface area contributed by atoms with E-state index in [2.05, 4.69) is 193 Å². The highest BCUT2D eigenvalue weighted by molar-refractivity contribution is 6.17. The summed E-state index contributed by atoms with van der Waals surface area (Å²) in [5.74, 6) is 0. The Balaban J connectivity index is 1.11. The van der Waals surface area contributed by atoms with Crippen LogP contribution in [0.5, 0.6) is 0 Å². The molecule has 302 valence electrons. The normalized spacial score (nSPS) is 15.5. The van der Waals surface area contributed by atoms with Crippen molar-refractivity contribution in [1.82, 2.24) is 14.1 Å². The molecule has 4 heteroatoms. The molecular formula is C59H46N4. The Labute approximate surface area is 367 Å². The van der Waals surface area contributed by atoms with Crippen LogP contribution in [-0.4, -0.2) is 14.1 Å². The minimum Gasteiger partial charge on any atom is -0.398 e. The molecule has 3 aliphatic rings. The van der Waals surface area contributed by atoms with E-state index in [1.807, 2.05) is 6.08 Å². The molecule has 0 amide bonds. The lowest BCUT2D eigenvalue weighted by molar-refractivity contribution is 0.884. The van der Waals surface area contributed by atoms with E-state index in [9.17, 15) is 0 Å². The van der Waals surface area contributed by atoms with Gasteiger partial charge < -0.3 is 14.9 Å². The second kappa shape index (κ2) is 14.7. The molecule has 4 nitrogen and oxygen atoms in total. The van der Waals surface area contributed by atoms with Gasteiger partial charge in [-0.25, -0.2) is 4.98 Å². The maximum Gasteiger partial charge on any atom is 0.0709 e. The maximum atomic E-state index is 6.84. The summed E-state index contributed by atoms with van der Waals surface area (Å²) in [6, 6.07) is 42.3. The highest BCUT2D eigenvalue weighted by Crippen LogP contribution is 2.51. The van der Waals surface area contributed by atoms with E-state index in [1.54, 1.807) is 0 Å². The molecule has 0 fully saturated rings. The van der Waals surface area contributed by atoms with Gasteiger partial charge in [-0.2, -0.15) is 0 Å². The first-order valence-electron chi connectivity index (χ1n) is 22.2. The zero-order chi connectivity index (χ0) is 42.2. The Bertz CT molecular complexity index is 3610. The summed E-state index contributed by atoms with van der Waals surface area (Å²) < 4.78 is 5.01. The molecule has 63 heavy (non-hydrogen) atoms. The molecule has 3 aromatic heterocycles. The minimum absolute atomic E-state index is 0.772. The summed E-state index contributed by atoms with van der Waals surface area (Å²) in [5.41, 5.74) is 29.0. The average Bonchev–Trinajstić information content (AvgIpc) is 3.84. The van der Waals surface area contributed by atoms with E-state index in [4.69, 9.17) is 10.7 Å². The quantitative estimate of drug-likeness (QED) is 0.163. The fourth-order valence-corrected chi connectivity index (χ4v) is 10.8. The molecule has 3 aliphatic carbocycles. The van der Waals surface area contributed by atoms with Gasteiger partial charge in [-0.05, 0) is 162 Å². The van der Waals surface area contributed by atoms with Gasteiger partial charge in [-0.1, -0.05) is 104 Å². The summed E-state index contributed by atoms with van der Waals surface area (Å²) >= 11 is 0. The van der Waals surface area contributed by atoms with Gasteiger partial charge in [0.15, 0.2) is 0 Å². The Morgan fingerprint density at radius 2 is 1.44 bits per heavy atom. The van der Waals surface area contributed by atoms with Crippen molar-refractivity contribution in [2.75, 3.05) is 0 Å². The van der Waals surface area contributed by atoms with Gasteiger partial charge in [-0.3, -0.25) is 0 Å². The third-order valence-electron chi connectivity index (χ3n) is 13.5. The SMILES string of the molecule is C=C/C=C(\C=C/C)n1c2ccc(-c3ccc4ccccc4n3)cc2c2cc3c4c(c21)CCc1c-4c(cc2c4cc(/C(N)=C/C=C5/C=CC=CC5)ccc4n(-c4ccccc4)c12)CC3. The summed E-state index contributed by atoms with van der Waals surface area (Å²) in [6.45, 7) is 6.25. The van der Waals surface area contributed by atoms with E-state index < -0.39 is 0 Å². The molecule has 0 atom stereocenters. The first kappa shape index (κ1) is 37.1. The second-order valence-electron chi connectivity index (χ2n) is 17.1. The number of pyridine rings is 1. The Morgan fingerprint density at radius 3 is 2.22 bits per heavy atom. The lowest BCUT2D eigenvalue weighted by Crippen LogP contribution is -2.16. The number of allylic oxidation sites excluding steroid dienone is 12. The van der Waals surface area contributed by atoms with E-state index in [-0.39, 0.29) is 0 Å². The molecule has 3 heterocycles. The maximum absolute atomic E-state index is 6.84. The van der Waals surface area contributed by atoms with Crippen LogP contribution in [0, 0.1) is 0 Å². The van der Waals surface area contributed by atoms with E-state index in [1.165, 1.54) is 88.3 Å². The fourth-order valence-electron chi connectivity index (χ4n) is 10.8. The van der Waals surface area contributed by atoms with Crippen LogP contribution in [0.3, 0.4) is 0 Å². The van der Waals surface area contributed by atoms with Crippen molar-refractivity contribution in [3.63, 3.8) is 0 Å². The molecule has 0 bridgehead atoms. The Hall–Kier alpha value is -7.69. The summed E-state index contributed by atoms with van der Waals surface area (Å²) in [6.07, 6.45) is 25.9. The monoisotopic (exact) mass is 810 g/mol. The van der Waals surface area contributed by atoms with Crippen molar-refractivity contribution in [2.45, 2.75) is 39.0 Å². The molecule has 2 N–H and O–H groups in total. The smallest absolute Gasteiger partial charge is 0.0709 e. The predicted molar refractivity (Wildman–Crippen MR) is 267 cm³/mol. The first-order chi connectivity index (χ1) is 31.1. The Morgan fingerprint density at radius 1 is 0.698 bits per heavy atom. The highest BCUT2D eigenvalue weighted by Gasteiger charge is 2.33. The second-order valence-corrected chi connectivity index (χ2v) is 17.1. The fraction of sp³-hybridized carbons (Fsp3) is 0.102. The lowest BCUT2D eigenvalue weighted by Gasteiger charge is -2.31. The van der Waals surface area contributed by atoms with E-state index >= 15 is 0 Å². The van der Waals surface area contributed by atoms with Crippen LogP contribution in [0.1, 0.15) is 41.2 Å². The van der Waals surface area contributed by atoms with E-state index in [0.29, 0.717) is 0 Å². The zero-order valence-corrected chi connectivity index (χ0v) is 35.4. The molecule has 0 spiro atoms. The third kappa shape index (κ3) is 5.86. The van der Waals surface area contributed by atoms with Crippen LogP contribution in [-0.2, 0) is 25.7 Å². The van der Waals surface area contributed by atoms with Gasteiger partial charge in [0.1, 0.15) is 0 Å². The molecular weight excluding hydrogens is 765 g/mol. The number of aryl methyl sites for hydroxylation is 4. The molecule has 12 rings (SSSR count). The van der Waals surface area contributed by atoms with Gasteiger partial charge in [0.25, 0.3) is 0 Å². The van der Waals surface area contributed by atoms with Gasteiger partial charge >= 0.3 is 0 Å². The summed E-state index contributed by atoms with van der Waals surface area (Å²) in [7, 11) is 0. The molecule has 6 aromatic carbocycles. The first-order valence-corrected chi connectivity index (χ1v) is 22.2. The third-order valence-corrected chi connectivity index (χ3v) is 13.5. The van der Waals surface area contributed by atoms with Gasteiger partial charge in [0, 0.05) is 49.6 Å². The molecule has 0 aliphatic heterocycles. The van der Waals surface area contributed by atoms with Gasteiger partial charge in [0.2, 0.25) is 0 Å². The zero-order valence-electron chi connectivity index (χ0n) is 35.4. The van der Waals surface area contributed by atoms with Crippen molar-refractivity contribution in [3.05, 3.63) is 216 Å². The summed E-state index contributed by atoms with van der Waals surface area (Å²) in [4.78, 5) is 5.12. The van der Waals surface area contributed by atoms with Crippen molar-refractivity contribution in [1.29, 1.82) is 0 Å². The Kier molecular flexibility index (Phi) is 8.68. The molecule has 0 saturated carbocycles.